The first-order valence-corrected chi connectivity index (χ1v) is 21.4. The quantitative estimate of drug-likeness (QED) is 0.224. The van der Waals surface area contributed by atoms with Crippen molar-refractivity contribution in [3.63, 3.8) is 0 Å². The van der Waals surface area contributed by atoms with E-state index in [9.17, 15) is 41.2 Å². The number of hydrogen-bond acceptors (Lipinski definition) is 12. The molecule has 4 fully saturated rings. The van der Waals surface area contributed by atoms with Crippen LogP contribution in [0.4, 0.5) is 24.8 Å². The fourth-order valence-corrected chi connectivity index (χ4v) is 10.4. The highest BCUT2D eigenvalue weighted by Crippen LogP contribution is 2.36. The number of alkyl halides is 3. The van der Waals surface area contributed by atoms with Crippen LogP contribution in [0.1, 0.15) is 80.0 Å². The van der Waals surface area contributed by atoms with Gasteiger partial charge < -0.3 is 19.5 Å². The molecule has 0 bridgehead atoms. The van der Waals surface area contributed by atoms with Crippen LogP contribution in [0, 0.1) is 17.2 Å². The van der Waals surface area contributed by atoms with Gasteiger partial charge in [0.05, 0.1) is 27.2 Å². The van der Waals surface area contributed by atoms with Crippen molar-refractivity contribution in [3.8, 4) is 6.07 Å². The summed E-state index contributed by atoms with van der Waals surface area (Å²) < 4.78 is 74.7. The minimum atomic E-state index is -4.54. The van der Waals surface area contributed by atoms with Crippen LogP contribution in [0.25, 0.3) is 11.1 Å². The Balaban J connectivity index is 0.842. The molecule has 8 rings (SSSR count). The number of anilines is 2. The Morgan fingerprint density at radius 1 is 0.915 bits per heavy atom. The monoisotopic (exact) mass is 835 g/mol. The van der Waals surface area contributed by atoms with Gasteiger partial charge in [-0.2, -0.15) is 22.7 Å². The number of halogens is 3. The predicted octanol–water partition coefficient (Wildman–Crippen LogP) is 4.61. The zero-order valence-electron chi connectivity index (χ0n) is 32.2. The first-order chi connectivity index (χ1) is 28.3. The van der Waals surface area contributed by atoms with Gasteiger partial charge in [-0.1, -0.05) is 12.1 Å². The molecular formula is C40H44F3N9O6S. The Hall–Kier alpha value is -5.32. The summed E-state index contributed by atoms with van der Waals surface area (Å²) in [7, 11) is -3.89. The summed E-state index contributed by atoms with van der Waals surface area (Å²) in [5.74, 6) is -0.804. The third-order valence-corrected chi connectivity index (χ3v) is 14.1. The summed E-state index contributed by atoms with van der Waals surface area (Å²) in [5, 5.41) is 15.3. The maximum Gasteiger partial charge on any atom is 0.420 e. The van der Waals surface area contributed by atoms with Crippen molar-refractivity contribution < 1.29 is 35.6 Å². The van der Waals surface area contributed by atoms with Gasteiger partial charge in [0.15, 0.2) is 5.58 Å². The molecule has 4 aliphatic heterocycles. The predicted molar refractivity (Wildman–Crippen MR) is 209 cm³/mol. The number of benzene rings is 2. The van der Waals surface area contributed by atoms with Gasteiger partial charge in [-0.25, -0.2) is 23.2 Å². The number of carbonyl (C=O) groups excluding carboxylic acids is 2. The van der Waals surface area contributed by atoms with Crippen molar-refractivity contribution in [2.24, 2.45) is 5.92 Å². The topological polar surface area (TPSA) is 187 Å². The summed E-state index contributed by atoms with van der Waals surface area (Å²) in [6, 6.07) is 11.5. The number of hydrogen-bond donors (Lipinski definition) is 2. The van der Waals surface area contributed by atoms with E-state index >= 15 is 0 Å². The molecule has 15 nitrogen and oxygen atoms in total. The number of nitriles is 1. The van der Waals surface area contributed by atoms with Crippen molar-refractivity contribution in [2.75, 3.05) is 56.0 Å². The van der Waals surface area contributed by atoms with E-state index in [2.05, 4.69) is 36.5 Å². The first-order valence-electron chi connectivity index (χ1n) is 19.9. The van der Waals surface area contributed by atoms with Gasteiger partial charge in [0.25, 0.3) is 0 Å². The van der Waals surface area contributed by atoms with Crippen molar-refractivity contribution in [3.05, 3.63) is 76.0 Å². The number of fused-ring (bicyclic) bond motifs is 1. The zero-order valence-corrected chi connectivity index (χ0v) is 33.0. The number of carbonyl (C=O) groups is 2. The molecular weight excluding hydrogens is 792 g/mol. The standard InChI is InChI=1S/C40H44F3N9O6S/c41-40(42,43)28-22-45-38(46-23-28)47-29-12-18-51(19-13-29)59(56,57)30-5-4-27(21-44)34(20-30)50-16-8-25(9-17-50)24-49-14-10-26(11-15-49)31-2-1-3-32-36(31)58-39(55)52(32)33-6-7-35(53)48-37(33)54/h1-5,20,22-23,25-26,29,33H,6-19,24H2,(H,45,46,47)(H,48,53,54). The van der Waals surface area contributed by atoms with Crippen molar-refractivity contribution >= 4 is 44.6 Å². The van der Waals surface area contributed by atoms with Crippen molar-refractivity contribution in [1.82, 2.24) is 29.1 Å². The van der Waals surface area contributed by atoms with E-state index in [0.717, 1.165) is 50.9 Å². The maximum atomic E-state index is 13.8. The average molecular weight is 836 g/mol. The molecule has 2 aromatic heterocycles. The first kappa shape index (κ1) is 40.5. The number of piperidine rings is 4. The molecule has 312 valence electrons. The van der Waals surface area contributed by atoms with E-state index < -0.39 is 39.5 Å². The second-order valence-corrected chi connectivity index (χ2v) is 17.8. The summed E-state index contributed by atoms with van der Waals surface area (Å²) >= 11 is 0. The molecule has 4 aromatic rings. The lowest BCUT2D eigenvalue weighted by molar-refractivity contribution is -0.138. The summed E-state index contributed by atoms with van der Waals surface area (Å²) in [6.07, 6.45) is 1.61. The number of sulfonamides is 1. The molecule has 19 heteroatoms. The summed E-state index contributed by atoms with van der Waals surface area (Å²) in [6.45, 7) is 4.40. The lowest BCUT2D eigenvalue weighted by atomic mass is 9.87. The molecule has 0 radical (unpaired) electrons. The molecule has 2 aromatic carbocycles. The largest absolute Gasteiger partial charge is 0.420 e. The fraction of sp³-hybridized carbons (Fsp3) is 0.500. The molecule has 2 N–H and O–H groups in total. The van der Waals surface area contributed by atoms with Crippen LogP contribution < -0.4 is 21.3 Å². The third-order valence-electron chi connectivity index (χ3n) is 12.2. The van der Waals surface area contributed by atoms with E-state index in [1.54, 1.807) is 18.2 Å². The molecule has 1 unspecified atom stereocenters. The Bertz CT molecular complexity index is 2430. The second-order valence-electron chi connectivity index (χ2n) is 15.8. The molecule has 4 aliphatic rings. The number of rotatable bonds is 9. The van der Waals surface area contributed by atoms with Gasteiger partial charge in [0.2, 0.25) is 27.8 Å². The van der Waals surface area contributed by atoms with Gasteiger partial charge in [0.1, 0.15) is 12.1 Å². The average Bonchev–Trinajstić information content (AvgIpc) is 3.57. The van der Waals surface area contributed by atoms with Crippen LogP contribution in [0.2, 0.25) is 0 Å². The number of para-hydroxylation sites is 1. The van der Waals surface area contributed by atoms with E-state index in [-0.39, 0.29) is 54.6 Å². The molecule has 0 saturated carbocycles. The zero-order chi connectivity index (χ0) is 41.5. The minimum Gasteiger partial charge on any atom is -0.407 e. The van der Waals surface area contributed by atoms with E-state index in [1.807, 2.05) is 12.1 Å². The maximum absolute atomic E-state index is 13.8. The SMILES string of the molecule is N#Cc1ccc(S(=O)(=O)N2CCC(Nc3ncc(C(F)(F)F)cn3)CC2)cc1N1CCC(CN2CCC(c3cccc4c3oc(=O)n4C3CCC(=O)NC3=O)CC2)CC1. The Morgan fingerprint density at radius 2 is 1.63 bits per heavy atom. The molecule has 4 saturated heterocycles. The third kappa shape index (κ3) is 8.43. The van der Waals surface area contributed by atoms with Crippen LogP contribution in [0.5, 0.6) is 0 Å². The number of imide groups is 1. The molecule has 2 amide bonds. The van der Waals surface area contributed by atoms with Gasteiger partial charge >= 0.3 is 11.9 Å². The fourth-order valence-electron chi connectivity index (χ4n) is 8.92. The number of aromatic nitrogens is 3. The normalized spacial score (nSPS) is 21.1. The Labute approximate surface area is 338 Å². The van der Waals surface area contributed by atoms with Crippen LogP contribution >= 0.6 is 0 Å². The smallest absolute Gasteiger partial charge is 0.407 e. The number of oxazole rings is 1. The summed E-state index contributed by atoms with van der Waals surface area (Å²) in [5.41, 5.74) is 2.05. The lowest BCUT2D eigenvalue weighted by Gasteiger charge is -2.38. The Kier molecular flexibility index (Phi) is 11.2. The number of amides is 2. The second kappa shape index (κ2) is 16.4. The lowest BCUT2D eigenvalue weighted by Crippen LogP contribution is -2.43. The van der Waals surface area contributed by atoms with Gasteiger partial charge in [0, 0.05) is 63.1 Å². The van der Waals surface area contributed by atoms with Crippen LogP contribution in [-0.2, 0) is 25.8 Å². The van der Waals surface area contributed by atoms with E-state index in [4.69, 9.17) is 4.42 Å². The molecule has 59 heavy (non-hydrogen) atoms. The van der Waals surface area contributed by atoms with Crippen LogP contribution in [0.15, 0.2) is 62.9 Å². The van der Waals surface area contributed by atoms with Crippen molar-refractivity contribution in [1.29, 1.82) is 5.26 Å². The highest BCUT2D eigenvalue weighted by atomic mass is 32.2. The minimum absolute atomic E-state index is 0.0493. The van der Waals surface area contributed by atoms with Crippen LogP contribution in [-0.4, -0.2) is 95.8 Å². The molecule has 6 heterocycles. The number of nitrogens with one attached hydrogen (secondary N) is 2. The van der Waals surface area contributed by atoms with Crippen LogP contribution in [0.3, 0.4) is 0 Å². The van der Waals surface area contributed by atoms with Gasteiger partial charge in [-0.05, 0) is 94.1 Å². The molecule has 0 spiro atoms. The molecule has 0 aliphatic carbocycles. The van der Waals surface area contributed by atoms with E-state index in [0.29, 0.717) is 66.6 Å². The highest BCUT2D eigenvalue weighted by Gasteiger charge is 2.35. The number of nitrogens with zero attached hydrogens (tertiary/aromatic N) is 7. The van der Waals surface area contributed by atoms with Crippen molar-refractivity contribution in [2.45, 2.75) is 80.4 Å². The van der Waals surface area contributed by atoms with Gasteiger partial charge in [-0.3, -0.25) is 19.5 Å². The number of likely N-dealkylation sites (tertiary alicyclic amines) is 1. The Morgan fingerprint density at radius 3 is 2.29 bits per heavy atom. The highest BCUT2D eigenvalue weighted by molar-refractivity contribution is 7.89. The summed E-state index contributed by atoms with van der Waals surface area (Å²) in [4.78, 5) is 49.4. The van der Waals surface area contributed by atoms with Gasteiger partial charge in [-0.15, -0.1) is 0 Å². The van der Waals surface area contributed by atoms with E-state index in [1.165, 1.54) is 14.9 Å². The molecule has 1 atom stereocenters.